The fraction of sp³-hybridized carbons (Fsp3) is 0.667. The number of nitrogens with one attached hydrogen (secondary N) is 1. The second-order valence-corrected chi connectivity index (χ2v) is 6.28. The minimum Gasteiger partial charge on any atom is -0.382 e. The number of nitrogens with zero attached hydrogens (tertiary/aromatic N) is 1. The van der Waals surface area contributed by atoms with E-state index in [4.69, 9.17) is 5.73 Å². The third-order valence-corrected chi connectivity index (χ3v) is 5.23. The summed E-state index contributed by atoms with van der Waals surface area (Å²) in [6.45, 7) is 0. The Morgan fingerprint density at radius 2 is 2.20 bits per heavy atom. The number of anilines is 2. The molecule has 3 N–H and O–H groups in total. The first-order valence-corrected chi connectivity index (χ1v) is 8.10. The van der Waals surface area contributed by atoms with Gasteiger partial charge in [-0.25, -0.2) is 0 Å². The first kappa shape index (κ1) is 11.4. The summed E-state index contributed by atoms with van der Waals surface area (Å²) in [6, 6.07) is 0.608. The number of rotatable bonds is 3. The average Bonchev–Trinajstić information content (AvgIpc) is 2.61. The van der Waals surface area contributed by atoms with Gasteiger partial charge >= 0.3 is 0 Å². The molecule has 0 aliphatic carbocycles. The van der Waals surface area contributed by atoms with E-state index < -0.39 is 0 Å². The van der Waals surface area contributed by atoms with Crippen LogP contribution in [-0.4, -0.2) is 28.2 Å². The highest BCUT2D eigenvalue weighted by Gasteiger charge is 2.17. The Kier molecular flexibility index (Phi) is 4.05. The van der Waals surface area contributed by atoms with Crippen molar-refractivity contribution in [1.29, 1.82) is 0 Å². The summed E-state index contributed by atoms with van der Waals surface area (Å²) in [5, 5.41) is 4.71. The summed E-state index contributed by atoms with van der Waals surface area (Å²) >= 11 is 5.20. The monoisotopic (exact) mass is 261 g/mol. The zero-order valence-corrected chi connectivity index (χ0v) is 11.1. The Labute approximate surface area is 103 Å². The standard InChI is InChI=1S/C9H15N3S3/c1-13-7-8(10)12-15-9(7)11-6-2-4-14-5-3-6/h6,11H,2-5H2,1H3,(H2,10,12). The number of nitrogen functional groups attached to an aromatic ring is 1. The maximum Gasteiger partial charge on any atom is 0.153 e. The highest BCUT2D eigenvalue weighted by Crippen LogP contribution is 2.36. The maximum atomic E-state index is 5.79. The van der Waals surface area contributed by atoms with Crippen molar-refractivity contribution in [3.05, 3.63) is 0 Å². The lowest BCUT2D eigenvalue weighted by Crippen LogP contribution is -2.24. The van der Waals surface area contributed by atoms with E-state index in [1.165, 1.54) is 35.9 Å². The van der Waals surface area contributed by atoms with Crippen molar-refractivity contribution in [2.75, 3.05) is 28.8 Å². The van der Waals surface area contributed by atoms with Crippen molar-refractivity contribution in [3.63, 3.8) is 0 Å². The smallest absolute Gasteiger partial charge is 0.153 e. The molecule has 2 heterocycles. The molecular formula is C9H15N3S3. The summed E-state index contributed by atoms with van der Waals surface area (Å²) in [6.07, 6.45) is 4.54. The first-order valence-electron chi connectivity index (χ1n) is 4.94. The van der Waals surface area contributed by atoms with Crippen molar-refractivity contribution in [2.45, 2.75) is 23.8 Å². The number of hydrogen-bond donors (Lipinski definition) is 2. The molecule has 6 heteroatoms. The van der Waals surface area contributed by atoms with Crippen molar-refractivity contribution >= 4 is 45.9 Å². The van der Waals surface area contributed by atoms with Gasteiger partial charge in [0.2, 0.25) is 0 Å². The van der Waals surface area contributed by atoms with E-state index in [0.717, 1.165) is 9.90 Å². The van der Waals surface area contributed by atoms with E-state index >= 15 is 0 Å². The second kappa shape index (κ2) is 5.32. The van der Waals surface area contributed by atoms with Gasteiger partial charge in [-0.1, -0.05) is 0 Å². The Bertz CT molecular complexity index is 320. The van der Waals surface area contributed by atoms with Gasteiger partial charge in [-0.2, -0.15) is 16.1 Å². The van der Waals surface area contributed by atoms with E-state index in [0.29, 0.717) is 11.9 Å². The predicted molar refractivity (Wildman–Crippen MR) is 72.3 cm³/mol. The van der Waals surface area contributed by atoms with Gasteiger partial charge in [0.1, 0.15) is 5.00 Å². The molecule has 1 aliphatic heterocycles. The van der Waals surface area contributed by atoms with Gasteiger partial charge in [0.15, 0.2) is 5.82 Å². The molecule has 15 heavy (non-hydrogen) atoms. The minimum absolute atomic E-state index is 0.608. The molecule has 0 saturated carbocycles. The van der Waals surface area contributed by atoms with Crippen LogP contribution in [0.4, 0.5) is 10.8 Å². The van der Waals surface area contributed by atoms with Gasteiger partial charge in [-0.05, 0) is 42.1 Å². The summed E-state index contributed by atoms with van der Waals surface area (Å²) in [4.78, 5) is 1.11. The van der Waals surface area contributed by atoms with Crippen LogP contribution in [0.25, 0.3) is 0 Å². The quantitative estimate of drug-likeness (QED) is 0.819. The Hall–Kier alpha value is -0.0700. The van der Waals surface area contributed by atoms with Crippen molar-refractivity contribution in [2.24, 2.45) is 0 Å². The van der Waals surface area contributed by atoms with Crippen LogP contribution in [0.15, 0.2) is 4.90 Å². The SMILES string of the molecule is CSc1c(N)nsc1NC1CCSCC1. The average molecular weight is 261 g/mol. The molecule has 1 aromatic heterocycles. The second-order valence-electron chi connectivity index (χ2n) is 3.46. The summed E-state index contributed by atoms with van der Waals surface area (Å²) < 4.78 is 4.18. The lowest BCUT2D eigenvalue weighted by Gasteiger charge is -2.22. The summed E-state index contributed by atoms with van der Waals surface area (Å²) in [7, 11) is 0. The van der Waals surface area contributed by atoms with Gasteiger partial charge in [0.05, 0.1) is 4.90 Å². The number of thioether (sulfide) groups is 2. The van der Waals surface area contributed by atoms with Gasteiger partial charge in [0, 0.05) is 6.04 Å². The molecule has 0 amide bonds. The molecular weight excluding hydrogens is 246 g/mol. The molecule has 84 valence electrons. The summed E-state index contributed by atoms with van der Waals surface area (Å²) in [5.74, 6) is 3.20. The first-order chi connectivity index (χ1) is 7.31. The van der Waals surface area contributed by atoms with Crippen LogP contribution in [0.1, 0.15) is 12.8 Å². The largest absolute Gasteiger partial charge is 0.382 e. The molecule has 1 aliphatic rings. The third kappa shape index (κ3) is 2.73. The number of hydrogen-bond acceptors (Lipinski definition) is 6. The highest BCUT2D eigenvalue weighted by atomic mass is 32.2. The highest BCUT2D eigenvalue weighted by molar-refractivity contribution is 7.99. The summed E-state index contributed by atoms with van der Waals surface area (Å²) in [5.41, 5.74) is 5.79. The number of nitrogens with two attached hydrogens (primary N) is 1. The van der Waals surface area contributed by atoms with Gasteiger partial charge in [0.25, 0.3) is 0 Å². The normalized spacial score (nSPS) is 17.9. The minimum atomic E-state index is 0.608. The fourth-order valence-corrected chi connectivity index (χ4v) is 4.32. The van der Waals surface area contributed by atoms with E-state index in [-0.39, 0.29) is 0 Å². The van der Waals surface area contributed by atoms with Crippen LogP contribution in [-0.2, 0) is 0 Å². The van der Waals surface area contributed by atoms with E-state index in [9.17, 15) is 0 Å². The molecule has 0 spiro atoms. The van der Waals surface area contributed by atoms with Gasteiger partial charge < -0.3 is 11.1 Å². The molecule has 3 nitrogen and oxygen atoms in total. The number of aromatic nitrogens is 1. The topological polar surface area (TPSA) is 50.9 Å². The van der Waals surface area contributed by atoms with Crippen molar-refractivity contribution < 1.29 is 0 Å². The molecule has 0 aromatic carbocycles. The lowest BCUT2D eigenvalue weighted by atomic mass is 10.1. The molecule has 1 aromatic rings. The van der Waals surface area contributed by atoms with E-state index in [1.54, 1.807) is 11.8 Å². The molecule has 0 bridgehead atoms. The molecule has 0 unspecified atom stereocenters. The predicted octanol–water partition coefficient (Wildman–Crippen LogP) is 2.75. The van der Waals surface area contributed by atoms with Crippen molar-refractivity contribution in [1.82, 2.24) is 4.37 Å². The zero-order valence-electron chi connectivity index (χ0n) is 8.66. The lowest BCUT2D eigenvalue weighted by molar-refractivity contribution is 0.667. The van der Waals surface area contributed by atoms with Crippen LogP contribution in [0.5, 0.6) is 0 Å². The van der Waals surface area contributed by atoms with Gasteiger partial charge in [-0.3, -0.25) is 0 Å². The molecule has 0 atom stereocenters. The van der Waals surface area contributed by atoms with Crippen LogP contribution in [0, 0.1) is 0 Å². The molecule has 1 saturated heterocycles. The Balaban J connectivity index is 2.02. The van der Waals surface area contributed by atoms with Gasteiger partial charge in [-0.15, -0.1) is 11.8 Å². The van der Waals surface area contributed by atoms with E-state index in [2.05, 4.69) is 9.69 Å². The van der Waals surface area contributed by atoms with Crippen LogP contribution < -0.4 is 11.1 Å². The van der Waals surface area contributed by atoms with Crippen LogP contribution in [0.3, 0.4) is 0 Å². The molecule has 1 fully saturated rings. The Morgan fingerprint density at radius 1 is 1.47 bits per heavy atom. The fourth-order valence-electron chi connectivity index (χ4n) is 1.61. The molecule has 2 rings (SSSR count). The maximum absolute atomic E-state index is 5.79. The van der Waals surface area contributed by atoms with E-state index in [1.807, 2.05) is 18.0 Å². The van der Waals surface area contributed by atoms with Crippen molar-refractivity contribution in [3.8, 4) is 0 Å². The van der Waals surface area contributed by atoms with Crippen LogP contribution >= 0.6 is 35.1 Å². The molecule has 0 radical (unpaired) electrons. The third-order valence-electron chi connectivity index (χ3n) is 2.43. The zero-order chi connectivity index (χ0) is 10.7. The van der Waals surface area contributed by atoms with Crippen LogP contribution in [0.2, 0.25) is 0 Å². The Morgan fingerprint density at radius 3 is 2.87 bits per heavy atom.